The summed E-state index contributed by atoms with van der Waals surface area (Å²) in [6, 6.07) is 6.41. The molecular formula is C26H39N3O6. The molecule has 0 bridgehead atoms. The fourth-order valence-corrected chi connectivity index (χ4v) is 3.18. The van der Waals surface area contributed by atoms with Crippen molar-refractivity contribution in [3.63, 3.8) is 0 Å². The topological polar surface area (TPSA) is 114 Å². The minimum atomic E-state index is -0.604. The van der Waals surface area contributed by atoms with Gasteiger partial charge in [-0.15, -0.1) is 0 Å². The molecule has 0 saturated heterocycles. The van der Waals surface area contributed by atoms with Gasteiger partial charge >= 0.3 is 12.1 Å². The number of carbonyl (C=O) groups is 4. The number of ether oxygens (including phenoxy) is 2. The molecule has 0 spiro atoms. The molecule has 1 aromatic rings. The minimum Gasteiger partial charge on any atom is -0.463 e. The van der Waals surface area contributed by atoms with Crippen molar-refractivity contribution >= 4 is 23.9 Å². The molecule has 0 aliphatic carbocycles. The Kier molecular flexibility index (Phi) is 11.5. The van der Waals surface area contributed by atoms with Crippen LogP contribution in [-0.2, 0) is 25.6 Å². The first-order chi connectivity index (χ1) is 16.2. The van der Waals surface area contributed by atoms with Gasteiger partial charge in [0.25, 0.3) is 5.91 Å². The lowest BCUT2D eigenvalue weighted by Crippen LogP contribution is -2.44. The molecule has 0 aliphatic heterocycles. The van der Waals surface area contributed by atoms with Crippen molar-refractivity contribution in [2.45, 2.75) is 66.7 Å². The maximum Gasteiger partial charge on any atom is 0.407 e. The fraction of sp³-hybridized carbons (Fsp3) is 0.538. The third-order valence-electron chi connectivity index (χ3n) is 4.97. The van der Waals surface area contributed by atoms with Gasteiger partial charge in [0, 0.05) is 24.7 Å². The molecule has 0 radical (unpaired) electrons. The zero-order chi connectivity index (χ0) is 26.8. The number of hydrogen-bond acceptors (Lipinski definition) is 6. The van der Waals surface area contributed by atoms with E-state index in [1.54, 1.807) is 72.0 Å². The highest BCUT2D eigenvalue weighted by Gasteiger charge is 2.23. The van der Waals surface area contributed by atoms with E-state index < -0.39 is 23.6 Å². The van der Waals surface area contributed by atoms with Crippen molar-refractivity contribution in [3.05, 3.63) is 47.0 Å². The van der Waals surface area contributed by atoms with Crippen molar-refractivity contribution in [2.75, 3.05) is 20.2 Å². The first kappa shape index (κ1) is 29.7. The molecule has 1 atom stereocenters. The number of likely N-dealkylation sites (N-methyl/N-ethyl adjacent to an activating group) is 1. The van der Waals surface area contributed by atoms with Crippen molar-refractivity contribution in [2.24, 2.45) is 5.92 Å². The molecule has 9 heteroatoms. The molecule has 1 rings (SSSR count). The highest BCUT2D eigenvalue weighted by atomic mass is 16.6. The van der Waals surface area contributed by atoms with Crippen LogP contribution in [0.5, 0.6) is 0 Å². The summed E-state index contributed by atoms with van der Waals surface area (Å²) in [5, 5.41) is 5.29. The number of nitrogens with one attached hydrogen (secondary N) is 2. The van der Waals surface area contributed by atoms with Gasteiger partial charge in [0.2, 0.25) is 5.91 Å². The predicted molar refractivity (Wildman–Crippen MR) is 134 cm³/mol. The summed E-state index contributed by atoms with van der Waals surface area (Å²) < 4.78 is 10.2. The second kappa shape index (κ2) is 13.5. The smallest absolute Gasteiger partial charge is 0.407 e. The van der Waals surface area contributed by atoms with E-state index in [9.17, 15) is 19.2 Å². The normalized spacial score (nSPS) is 12.5. The molecule has 0 unspecified atom stereocenters. The molecule has 0 saturated carbocycles. The fourth-order valence-electron chi connectivity index (χ4n) is 3.18. The molecule has 0 heterocycles. The summed E-state index contributed by atoms with van der Waals surface area (Å²) in [6.45, 7) is 12.9. The summed E-state index contributed by atoms with van der Waals surface area (Å²) >= 11 is 0. The summed E-state index contributed by atoms with van der Waals surface area (Å²) in [5.41, 5.74) is 0.896. The quantitative estimate of drug-likeness (QED) is 0.384. The van der Waals surface area contributed by atoms with Crippen LogP contribution < -0.4 is 10.6 Å². The van der Waals surface area contributed by atoms with Crippen LogP contribution >= 0.6 is 0 Å². The van der Waals surface area contributed by atoms with Crippen molar-refractivity contribution < 1.29 is 28.7 Å². The molecule has 194 valence electrons. The van der Waals surface area contributed by atoms with Gasteiger partial charge < -0.3 is 25.0 Å². The van der Waals surface area contributed by atoms with Gasteiger partial charge in [0.1, 0.15) is 5.60 Å². The second-order valence-corrected chi connectivity index (χ2v) is 9.55. The third kappa shape index (κ3) is 10.6. The average Bonchev–Trinajstić information content (AvgIpc) is 2.77. The standard InChI is InChI=1S/C26H39N3O6/c1-9-34-24(32)18(4)13-21(17(2)3)29(8)22(30)16-27-23(31)20-12-10-11-19(14-20)15-28-25(33)35-26(5,6)7/h10-14,17,21H,9,15-16H2,1-8H3,(H,27,31)(H,28,33)/t21-/m1/s1. The zero-order valence-corrected chi connectivity index (χ0v) is 22.1. The SMILES string of the molecule is CCOC(=O)C(C)=C[C@H](C(C)C)N(C)C(=O)CNC(=O)c1cccc(CNC(=O)OC(C)(C)C)c1. The van der Waals surface area contributed by atoms with E-state index in [4.69, 9.17) is 9.47 Å². The Morgan fingerprint density at radius 3 is 2.34 bits per heavy atom. The van der Waals surface area contributed by atoms with E-state index >= 15 is 0 Å². The van der Waals surface area contributed by atoms with E-state index in [0.717, 1.165) is 0 Å². The molecule has 9 nitrogen and oxygen atoms in total. The number of hydrogen-bond donors (Lipinski definition) is 2. The monoisotopic (exact) mass is 489 g/mol. The van der Waals surface area contributed by atoms with E-state index in [1.807, 2.05) is 13.8 Å². The molecule has 3 amide bonds. The second-order valence-electron chi connectivity index (χ2n) is 9.55. The molecular weight excluding hydrogens is 450 g/mol. The highest BCUT2D eigenvalue weighted by Crippen LogP contribution is 2.14. The number of esters is 1. The first-order valence-corrected chi connectivity index (χ1v) is 11.7. The number of benzene rings is 1. The van der Waals surface area contributed by atoms with Crippen molar-refractivity contribution in [1.29, 1.82) is 0 Å². The Labute approximate surface area is 208 Å². The molecule has 0 aliphatic rings. The lowest BCUT2D eigenvalue weighted by Gasteiger charge is -2.29. The van der Waals surface area contributed by atoms with Crippen LogP contribution in [0.3, 0.4) is 0 Å². The zero-order valence-electron chi connectivity index (χ0n) is 22.1. The molecule has 35 heavy (non-hydrogen) atoms. The van der Waals surface area contributed by atoms with Gasteiger partial charge in [-0.25, -0.2) is 9.59 Å². The minimum absolute atomic E-state index is 0.0400. The van der Waals surface area contributed by atoms with Gasteiger partial charge in [0.15, 0.2) is 0 Å². The maximum atomic E-state index is 12.8. The lowest BCUT2D eigenvalue weighted by atomic mass is 10.00. The molecule has 2 N–H and O–H groups in total. The van der Waals surface area contributed by atoms with Crippen LogP contribution in [-0.4, -0.2) is 60.6 Å². The summed E-state index contributed by atoms with van der Waals surface area (Å²) in [4.78, 5) is 50.7. The van der Waals surface area contributed by atoms with E-state index in [1.165, 1.54) is 4.90 Å². The Morgan fingerprint density at radius 2 is 1.77 bits per heavy atom. The highest BCUT2D eigenvalue weighted by molar-refractivity contribution is 5.96. The Bertz CT molecular complexity index is 933. The van der Waals surface area contributed by atoms with Crippen LogP contribution in [0.4, 0.5) is 4.79 Å². The number of amides is 3. The third-order valence-corrected chi connectivity index (χ3v) is 4.97. The Balaban J connectivity index is 2.75. The van der Waals surface area contributed by atoms with Gasteiger partial charge in [-0.2, -0.15) is 0 Å². The van der Waals surface area contributed by atoms with Crippen LogP contribution in [0.15, 0.2) is 35.9 Å². The van der Waals surface area contributed by atoms with Crippen molar-refractivity contribution in [1.82, 2.24) is 15.5 Å². The number of alkyl carbamates (subject to hydrolysis) is 1. The Morgan fingerprint density at radius 1 is 1.11 bits per heavy atom. The van der Waals surface area contributed by atoms with Crippen molar-refractivity contribution in [3.8, 4) is 0 Å². The van der Waals surface area contributed by atoms with E-state index in [-0.39, 0.29) is 37.6 Å². The van der Waals surface area contributed by atoms with Gasteiger partial charge in [-0.05, 0) is 58.2 Å². The van der Waals surface area contributed by atoms with Crippen LogP contribution in [0, 0.1) is 5.92 Å². The van der Waals surface area contributed by atoms with Crippen LogP contribution in [0.1, 0.15) is 64.4 Å². The van der Waals surface area contributed by atoms with Gasteiger partial charge in [0.05, 0.1) is 19.2 Å². The predicted octanol–water partition coefficient (Wildman–Crippen LogP) is 3.43. The first-order valence-electron chi connectivity index (χ1n) is 11.7. The summed E-state index contributed by atoms with van der Waals surface area (Å²) in [7, 11) is 1.64. The number of nitrogens with zero attached hydrogens (tertiary/aromatic N) is 1. The maximum absolute atomic E-state index is 12.8. The summed E-state index contributed by atoms with van der Waals surface area (Å²) in [6.07, 6.45) is 1.16. The Hall–Kier alpha value is -3.36. The van der Waals surface area contributed by atoms with Crippen LogP contribution in [0.25, 0.3) is 0 Å². The van der Waals surface area contributed by atoms with E-state index in [2.05, 4.69) is 10.6 Å². The molecule has 0 aromatic heterocycles. The largest absolute Gasteiger partial charge is 0.463 e. The summed E-state index contributed by atoms with van der Waals surface area (Å²) in [5.74, 6) is -1.09. The van der Waals surface area contributed by atoms with Gasteiger partial charge in [-0.1, -0.05) is 32.1 Å². The van der Waals surface area contributed by atoms with Crippen LogP contribution in [0.2, 0.25) is 0 Å². The average molecular weight is 490 g/mol. The van der Waals surface area contributed by atoms with Gasteiger partial charge in [-0.3, -0.25) is 9.59 Å². The molecule has 0 fully saturated rings. The number of carbonyl (C=O) groups excluding carboxylic acids is 4. The number of rotatable bonds is 10. The van der Waals surface area contributed by atoms with E-state index in [0.29, 0.717) is 16.7 Å². The molecule has 1 aromatic carbocycles. The lowest BCUT2D eigenvalue weighted by molar-refractivity contribution is -0.138.